The summed E-state index contributed by atoms with van der Waals surface area (Å²) in [4.78, 5) is 71.6. The molecular formula is C30H38N8O9S2. The van der Waals surface area contributed by atoms with Gasteiger partial charge in [-0.2, -0.15) is 9.36 Å². The van der Waals surface area contributed by atoms with Crippen molar-refractivity contribution in [1.29, 1.82) is 5.41 Å². The van der Waals surface area contributed by atoms with Crippen LogP contribution in [0.5, 0.6) is 0 Å². The van der Waals surface area contributed by atoms with Gasteiger partial charge in [0.15, 0.2) is 4.34 Å². The number of carbonyl (C=O) groups is 4. The Morgan fingerprint density at radius 3 is 2.41 bits per heavy atom. The number of rotatable bonds is 10. The molecule has 3 N–H and O–H groups in total. The number of amides is 3. The molecule has 19 heteroatoms. The first-order valence-electron chi connectivity index (χ1n) is 15.1. The minimum atomic E-state index is -1.19. The molecule has 49 heavy (non-hydrogen) atoms. The molecule has 1 aromatic heterocycles. The Balaban J connectivity index is 1.54. The van der Waals surface area contributed by atoms with Crippen LogP contribution in [0.4, 0.5) is 16.4 Å². The largest absolute Gasteiger partial charge is 0.456 e. The molecule has 0 radical (unpaired) electrons. The predicted octanol–water partition coefficient (Wildman–Crippen LogP) is 3.41. The van der Waals surface area contributed by atoms with E-state index in [0.717, 1.165) is 28.2 Å². The maximum Gasteiger partial charge on any atom is 0.417 e. The number of fused-ring (bicyclic) bond motifs is 1. The number of ether oxygens (including phenoxy) is 2. The van der Waals surface area contributed by atoms with E-state index in [1.807, 2.05) is 6.92 Å². The highest BCUT2D eigenvalue weighted by Crippen LogP contribution is 2.52. The zero-order valence-electron chi connectivity index (χ0n) is 28.1. The van der Waals surface area contributed by atoms with Gasteiger partial charge in [-0.15, -0.1) is 0 Å². The number of aliphatic hydroxyl groups is 1. The number of hydrogen-bond acceptors (Lipinski definition) is 14. The summed E-state index contributed by atoms with van der Waals surface area (Å²) in [6, 6.07) is 3.81. The zero-order chi connectivity index (χ0) is 36.5. The SMILES string of the molecule is CC(C(=O)Nc1nsc(SC2=C(C(=O)OCc3ccc([N+](=O)[O-])cc3)N3C(=O)[C@H]([C@@H](C)O)[C@H]3[C@H]2C)n1)N(C(=N)N(C)C)C(=O)OC(C)(C)C. The number of nitro groups is 1. The number of nitrogens with one attached hydrogen (secondary N) is 2. The molecule has 1 unspecified atom stereocenters. The number of hydrogen-bond donors (Lipinski definition) is 3. The topological polar surface area (TPSA) is 221 Å². The fourth-order valence-electron chi connectivity index (χ4n) is 5.26. The van der Waals surface area contributed by atoms with Crippen LogP contribution in [0.2, 0.25) is 0 Å². The van der Waals surface area contributed by atoms with Crippen molar-refractivity contribution < 1.29 is 38.7 Å². The minimum absolute atomic E-state index is 0.00378. The number of anilines is 1. The van der Waals surface area contributed by atoms with Gasteiger partial charge < -0.3 is 24.4 Å². The van der Waals surface area contributed by atoms with Crippen molar-refractivity contribution in [2.75, 3.05) is 19.4 Å². The van der Waals surface area contributed by atoms with Crippen molar-refractivity contribution in [1.82, 2.24) is 24.1 Å². The number of nitrogens with zero attached hydrogens (tertiary/aromatic N) is 6. The van der Waals surface area contributed by atoms with Crippen LogP contribution in [-0.4, -0.2) is 102 Å². The minimum Gasteiger partial charge on any atom is -0.456 e. The molecule has 1 saturated heterocycles. The van der Waals surface area contributed by atoms with Crippen molar-refractivity contribution in [2.45, 2.75) is 76.3 Å². The van der Waals surface area contributed by atoms with Gasteiger partial charge in [-0.3, -0.25) is 30.4 Å². The number of thioether (sulfide) groups is 1. The van der Waals surface area contributed by atoms with E-state index in [1.165, 1.54) is 47.9 Å². The molecule has 2 aliphatic heterocycles. The third-order valence-corrected chi connectivity index (χ3v) is 9.70. The van der Waals surface area contributed by atoms with Crippen LogP contribution in [0.15, 0.2) is 39.2 Å². The van der Waals surface area contributed by atoms with Gasteiger partial charge in [-0.1, -0.05) is 18.7 Å². The fraction of sp³-hybridized carbons (Fsp3) is 0.500. The van der Waals surface area contributed by atoms with Crippen molar-refractivity contribution in [3.63, 3.8) is 0 Å². The molecule has 2 aliphatic rings. The first-order valence-corrected chi connectivity index (χ1v) is 16.7. The molecule has 17 nitrogen and oxygen atoms in total. The van der Waals surface area contributed by atoms with E-state index >= 15 is 0 Å². The Kier molecular flexibility index (Phi) is 11.0. The summed E-state index contributed by atoms with van der Waals surface area (Å²) in [5.74, 6) is -3.41. The zero-order valence-corrected chi connectivity index (χ0v) is 29.7. The summed E-state index contributed by atoms with van der Waals surface area (Å²) in [5, 5.41) is 32.2. The van der Waals surface area contributed by atoms with Gasteiger partial charge in [-0.05, 0) is 63.8 Å². The van der Waals surface area contributed by atoms with Crippen LogP contribution in [0.1, 0.15) is 47.1 Å². The molecule has 0 aliphatic carbocycles. The lowest BCUT2D eigenvalue weighted by Gasteiger charge is -2.46. The average molecular weight is 719 g/mol. The lowest BCUT2D eigenvalue weighted by atomic mass is 9.79. The molecule has 0 spiro atoms. The average Bonchev–Trinajstić information content (AvgIpc) is 3.54. The Morgan fingerprint density at radius 2 is 1.86 bits per heavy atom. The van der Waals surface area contributed by atoms with E-state index in [-0.39, 0.29) is 29.9 Å². The van der Waals surface area contributed by atoms with Crippen LogP contribution in [0.3, 0.4) is 0 Å². The second-order valence-electron chi connectivity index (χ2n) is 12.7. The predicted molar refractivity (Wildman–Crippen MR) is 178 cm³/mol. The van der Waals surface area contributed by atoms with Crippen LogP contribution in [0.25, 0.3) is 0 Å². The van der Waals surface area contributed by atoms with Crippen LogP contribution < -0.4 is 5.32 Å². The van der Waals surface area contributed by atoms with Gasteiger partial charge >= 0.3 is 12.1 Å². The lowest BCUT2D eigenvalue weighted by Crippen LogP contribution is -2.63. The van der Waals surface area contributed by atoms with Crippen molar-refractivity contribution in [3.05, 3.63) is 50.5 Å². The van der Waals surface area contributed by atoms with Crippen LogP contribution in [-0.2, 0) is 30.5 Å². The van der Waals surface area contributed by atoms with Gasteiger partial charge in [0.2, 0.25) is 23.7 Å². The third kappa shape index (κ3) is 8.00. The lowest BCUT2D eigenvalue weighted by molar-refractivity contribution is -0.384. The number of aromatic nitrogens is 2. The molecule has 1 fully saturated rings. The van der Waals surface area contributed by atoms with Crippen molar-refractivity contribution in [2.24, 2.45) is 11.8 Å². The normalized spacial score (nSPS) is 19.7. The van der Waals surface area contributed by atoms with Gasteiger partial charge in [0.05, 0.1) is 23.0 Å². The fourth-order valence-corrected chi connectivity index (χ4v) is 7.09. The summed E-state index contributed by atoms with van der Waals surface area (Å²) in [6.07, 6.45) is -1.85. The Hall–Kier alpha value is -4.62. The number of carbonyl (C=O) groups excluding carboxylic acids is 4. The number of β-lactam (4-membered cyclic amide) rings is 1. The maximum atomic E-state index is 13.5. The summed E-state index contributed by atoms with van der Waals surface area (Å²) < 4.78 is 15.5. The highest BCUT2D eigenvalue weighted by atomic mass is 32.2. The van der Waals surface area contributed by atoms with E-state index in [1.54, 1.807) is 34.9 Å². The Bertz CT molecular complexity index is 1690. The molecule has 5 atom stereocenters. The highest BCUT2D eigenvalue weighted by Gasteiger charge is 2.60. The van der Waals surface area contributed by atoms with Gasteiger partial charge in [0.1, 0.15) is 23.9 Å². The number of benzene rings is 1. The van der Waals surface area contributed by atoms with Gasteiger partial charge in [-0.25, -0.2) is 14.5 Å². The van der Waals surface area contributed by atoms with E-state index in [0.29, 0.717) is 14.8 Å². The molecule has 2 aromatic rings. The molecular weight excluding hydrogens is 681 g/mol. The second-order valence-corrected chi connectivity index (χ2v) is 14.7. The quantitative estimate of drug-likeness (QED) is 0.0801. The molecule has 0 bridgehead atoms. The number of nitro benzene ring substituents is 1. The van der Waals surface area contributed by atoms with E-state index < -0.39 is 64.4 Å². The Morgan fingerprint density at radius 1 is 1.22 bits per heavy atom. The van der Waals surface area contributed by atoms with E-state index in [2.05, 4.69) is 14.7 Å². The van der Waals surface area contributed by atoms with Crippen LogP contribution in [0, 0.1) is 27.4 Å². The molecule has 4 rings (SSSR count). The van der Waals surface area contributed by atoms with Gasteiger partial charge in [0, 0.05) is 37.1 Å². The van der Waals surface area contributed by atoms with Crippen molar-refractivity contribution in [3.8, 4) is 0 Å². The first-order chi connectivity index (χ1) is 22.8. The molecule has 1 aromatic carbocycles. The van der Waals surface area contributed by atoms with E-state index in [4.69, 9.17) is 14.9 Å². The van der Waals surface area contributed by atoms with Gasteiger partial charge in [0.25, 0.3) is 5.69 Å². The number of guanidine groups is 1. The van der Waals surface area contributed by atoms with E-state index in [9.17, 15) is 34.4 Å². The maximum absolute atomic E-state index is 13.5. The summed E-state index contributed by atoms with van der Waals surface area (Å²) >= 11 is 1.99. The second kappa shape index (κ2) is 14.5. The summed E-state index contributed by atoms with van der Waals surface area (Å²) in [7, 11) is 3.10. The molecule has 0 saturated carbocycles. The molecule has 264 valence electrons. The third-order valence-electron chi connectivity index (χ3n) is 7.67. The first kappa shape index (κ1) is 37.2. The smallest absolute Gasteiger partial charge is 0.417 e. The molecule has 3 heterocycles. The highest BCUT2D eigenvalue weighted by molar-refractivity contribution is 8.04. The summed E-state index contributed by atoms with van der Waals surface area (Å²) in [5.41, 5.74) is -0.498. The Labute approximate surface area is 290 Å². The number of esters is 1. The standard InChI is InChI=1S/C30H38N8O9S2/c1-14-20-19(16(3)39)24(41)37(20)21(25(42)46-13-17-9-11-18(12-10-17)38(44)45)22(14)48-28-33-27(34-49-28)32-23(40)15(2)36(26(31)35(7)8)29(43)47-30(4,5)6/h9-12,14-16,19-20,31,39H,13H2,1-8H3,(H,32,34,40)/t14-,15?,16-,19-,20-/m1/s1. The number of non-ortho nitro benzene ring substituents is 1. The number of aliphatic hydroxyl groups excluding tert-OH is 1. The van der Waals surface area contributed by atoms with Crippen LogP contribution >= 0.6 is 23.3 Å². The van der Waals surface area contributed by atoms with Crippen molar-refractivity contribution >= 4 is 64.8 Å². The monoisotopic (exact) mass is 718 g/mol. The molecule has 3 amide bonds. The summed E-state index contributed by atoms with van der Waals surface area (Å²) in [6.45, 7) is 9.54.